The lowest BCUT2D eigenvalue weighted by atomic mass is 10.0. The van der Waals surface area contributed by atoms with Gasteiger partial charge in [0.2, 0.25) is 0 Å². The Labute approximate surface area is 171 Å². The highest BCUT2D eigenvalue weighted by molar-refractivity contribution is 14.0. The third-order valence-electron chi connectivity index (χ3n) is 4.56. The molecule has 1 aliphatic rings. The van der Waals surface area contributed by atoms with Crippen LogP contribution in [0.25, 0.3) is 0 Å². The van der Waals surface area contributed by atoms with E-state index in [1.165, 1.54) is 18.9 Å². The van der Waals surface area contributed by atoms with Gasteiger partial charge in [0.15, 0.2) is 5.96 Å². The number of hydrogen-bond acceptors (Lipinski definition) is 3. The fourth-order valence-corrected chi connectivity index (χ4v) is 3.32. The summed E-state index contributed by atoms with van der Waals surface area (Å²) in [5.74, 6) is 1.42. The molecule has 4 nitrogen and oxygen atoms in total. The van der Waals surface area contributed by atoms with Gasteiger partial charge < -0.3 is 15.4 Å². The molecule has 0 saturated heterocycles. The van der Waals surface area contributed by atoms with Crippen molar-refractivity contribution in [2.75, 3.05) is 33.6 Å². The van der Waals surface area contributed by atoms with E-state index < -0.39 is 0 Å². The molecule has 0 atom stereocenters. The predicted octanol–water partition coefficient (Wildman–Crippen LogP) is 3.79. The lowest BCUT2D eigenvalue weighted by Crippen LogP contribution is -2.40. The van der Waals surface area contributed by atoms with E-state index in [1.54, 1.807) is 32.0 Å². The van der Waals surface area contributed by atoms with Crippen molar-refractivity contribution in [3.05, 3.63) is 35.1 Å². The van der Waals surface area contributed by atoms with E-state index in [1.807, 2.05) is 12.3 Å². The van der Waals surface area contributed by atoms with Crippen LogP contribution in [-0.2, 0) is 17.0 Å². The van der Waals surface area contributed by atoms with Crippen LogP contribution in [0.1, 0.15) is 30.4 Å². The van der Waals surface area contributed by atoms with Crippen LogP contribution in [0.3, 0.4) is 0 Å². The summed E-state index contributed by atoms with van der Waals surface area (Å²) in [6.07, 6.45) is 5.60. The molecular formula is C18H29FIN3OS. The van der Waals surface area contributed by atoms with Crippen molar-refractivity contribution in [1.29, 1.82) is 0 Å². The van der Waals surface area contributed by atoms with Gasteiger partial charge in [-0.2, -0.15) is 11.8 Å². The molecule has 1 aromatic carbocycles. The average molecular weight is 481 g/mol. The highest BCUT2D eigenvalue weighted by Gasteiger charge is 2.41. The molecule has 0 bridgehead atoms. The molecule has 1 fully saturated rings. The molecule has 0 spiro atoms. The molecule has 2 rings (SSSR count). The average Bonchev–Trinajstić information content (AvgIpc) is 3.35. The Morgan fingerprint density at radius 3 is 2.68 bits per heavy atom. The largest absolute Gasteiger partial charge is 0.385 e. The topological polar surface area (TPSA) is 45.7 Å². The second kappa shape index (κ2) is 11.2. The molecule has 2 N–H and O–H groups in total. The van der Waals surface area contributed by atoms with E-state index in [9.17, 15) is 4.39 Å². The Bertz CT molecular complexity index is 567. The first-order chi connectivity index (χ1) is 11.6. The lowest BCUT2D eigenvalue weighted by Gasteiger charge is -2.19. The maximum absolute atomic E-state index is 13.4. The van der Waals surface area contributed by atoms with Gasteiger partial charge in [0.1, 0.15) is 5.82 Å². The molecule has 7 heteroatoms. The Kier molecular flexibility index (Phi) is 10.1. The van der Waals surface area contributed by atoms with Gasteiger partial charge in [0.05, 0.1) is 0 Å². The molecule has 1 aromatic rings. The van der Waals surface area contributed by atoms with Crippen molar-refractivity contribution in [2.45, 2.75) is 31.6 Å². The monoisotopic (exact) mass is 481 g/mol. The number of halogens is 2. The summed E-state index contributed by atoms with van der Waals surface area (Å²) >= 11 is 1.69. The molecule has 0 radical (unpaired) electrons. The molecular weight excluding hydrogens is 452 g/mol. The Balaban J connectivity index is 0.00000312. The van der Waals surface area contributed by atoms with Gasteiger partial charge in [0, 0.05) is 39.6 Å². The van der Waals surface area contributed by atoms with Crippen LogP contribution in [0.4, 0.5) is 4.39 Å². The van der Waals surface area contributed by atoms with E-state index >= 15 is 0 Å². The Morgan fingerprint density at radius 1 is 1.32 bits per heavy atom. The van der Waals surface area contributed by atoms with Gasteiger partial charge in [0.25, 0.3) is 0 Å². The Hall–Kier alpha value is -0.540. The first-order valence-electron chi connectivity index (χ1n) is 8.32. The van der Waals surface area contributed by atoms with Crippen LogP contribution >= 0.6 is 35.7 Å². The summed E-state index contributed by atoms with van der Waals surface area (Å²) in [6, 6.07) is 4.98. The highest BCUT2D eigenvalue weighted by atomic mass is 127. The predicted molar refractivity (Wildman–Crippen MR) is 115 cm³/mol. The maximum Gasteiger partial charge on any atom is 0.191 e. The SMILES string of the molecule is CN=C(NCc1ccc(F)cc1CSC)NCC1(CCOC)CC1.I. The molecule has 142 valence electrons. The Morgan fingerprint density at radius 2 is 2.08 bits per heavy atom. The summed E-state index contributed by atoms with van der Waals surface area (Å²) in [7, 11) is 3.52. The summed E-state index contributed by atoms with van der Waals surface area (Å²) in [4.78, 5) is 4.29. The third-order valence-corrected chi connectivity index (χ3v) is 5.16. The van der Waals surface area contributed by atoms with E-state index in [0.29, 0.717) is 12.0 Å². The van der Waals surface area contributed by atoms with Crippen molar-refractivity contribution in [3.8, 4) is 0 Å². The van der Waals surface area contributed by atoms with Gasteiger partial charge in [-0.15, -0.1) is 24.0 Å². The minimum Gasteiger partial charge on any atom is -0.385 e. The first-order valence-corrected chi connectivity index (χ1v) is 9.71. The normalized spacial score (nSPS) is 15.4. The molecule has 25 heavy (non-hydrogen) atoms. The molecule has 0 aromatic heterocycles. The number of aliphatic imine (C=N–C) groups is 1. The van der Waals surface area contributed by atoms with Crippen LogP contribution in [0, 0.1) is 11.2 Å². The number of hydrogen-bond donors (Lipinski definition) is 2. The van der Waals surface area contributed by atoms with Crippen LogP contribution in [0.15, 0.2) is 23.2 Å². The van der Waals surface area contributed by atoms with Gasteiger partial charge in [-0.3, -0.25) is 4.99 Å². The van der Waals surface area contributed by atoms with Gasteiger partial charge in [-0.1, -0.05) is 6.07 Å². The van der Waals surface area contributed by atoms with Gasteiger partial charge in [-0.05, 0) is 54.2 Å². The number of nitrogens with zero attached hydrogens (tertiary/aromatic N) is 1. The van der Waals surface area contributed by atoms with Crippen molar-refractivity contribution in [2.24, 2.45) is 10.4 Å². The van der Waals surface area contributed by atoms with Crippen LogP contribution in [0.2, 0.25) is 0 Å². The molecule has 0 aliphatic heterocycles. The molecule has 1 saturated carbocycles. The zero-order valence-corrected chi connectivity index (χ0v) is 18.4. The fourth-order valence-electron chi connectivity index (χ4n) is 2.74. The highest BCUT2D eigenvalue weighted by Crippen LogP contribution is 2.48. The minimum atomic E-state index is -0.181. The minimum absolute atomic E-state index is 0. The molecule has 1 aliphatic carbocycles. The summed E-state index contributed by atoms with van der Waals surface area (Å²) in [6.45, 7) is 2.36. The molecule has 0 amide bonds. The van der Waals surface area contributed by atoms with Crippen LogP contribution in [-0.4, -0.2) is 39.5 Å². The second-order valence-corrected chi connectivity index (χ2v) is 7.23. The number of guanidine groups is 1. The summed E-state index contributed by atoms with van der Waals surface area (Å²) < 4.78 is 18.6. The zero-order chi connectivity index (χ0) is 17.4. The van der Waals surface area contributed by atoms with Crippen molar-refractivity contribution >= 4 is 41.7 Å². The number of benzene rings is 1. The lowest BCUT2D eigenvalue weighted by molar-refractivity contribution is 0.172. The van der Waals surface area contributed by atoms with E-state index in [4.69, 9.17) is 4.74 Å². The van der Waals surface area contributed by atoms with E-state index in [0.717, 1.165) is 42.4 Å². The second-order valence-electron chi connectivity index (χ2n) is 6.37. The summed E-state index contributed by atoms with van der Waals surface area (Å²) in [5.41, 5.74) is 2.51. The van der Waals surface area contributed by atoms with Crippen molar-refractivity contribution in [3.63, 3.8) is 0 Å². The quantitative estimate of drug-likeness (QED) is 0.320. The summed E-state index contributed by atoms with van der Waals surface area (Å²) in [5, 5.41) is 6.75. The zero-order valence-electron chi connectivity index (χ0n) is 15.2. The number of rotatable bonds is 9. The third kappa shape index (κ3) is 7.30. The first kappa shape index (κ1) is 22.5. The van der Waals surface area contributed by atoms with Crippen molar-refractivity contribution < 1.29 is 9.13 Å². The van der Waals surface area contributed by atoms with E-state index in [2.05, 4.69) is 15.6 Å². The standard InChI is InChI=1S/C18H28FN3OS.HI/c1-20-17(22-13-18(6-7-18)8-9-23-2)21-11-14-4-5-16(19)10-15(14)12-24-3;/h4-5,10H,6-9,11-13H2,1-3H3,(H2,20,21,22);1H. The number of thioether (sulfide) groups is 1. The number of nitrogens with one attached hydrogen (secondary N) is 2. The number of methoxy groups -OCH3 is 1. The maximum atomic E-state index is 13.4. The van der Waals surface area contributed by atoms with E-state index in [-0.39, 0.29) is 29.8 Å². The smallest absolute Gasteiger partial charge is 0.191 e. The fraction of sp³-hybridized carbons (Fsp3) is 0.611. The molecule has 0 heterocycles. The van der Waals surface area contributed by atoms with Gasteiger partial charge >= 0.3 is 0 Å². The van der Waals surface area contributed by atoms with Crippen molar-refractivity contribution in [1.82, 2.24) is 10.6 Å². The van der Waals surface area contributed by atoms with Crippen LogP contribution in [0.5, 0.6) is 0 Å². The van der Waals surface area contributed by atoms with Crippen LogP contribution < -0.4 is 10.6 Å². The molecule has 0 unspecified atom stereocenters. The number of ether oxygens (including phenoxy) is 1. The van der Waals surface area contributed by atoms with Gasteiger partial charge in [-0.25, -0.2) is 4.39 Å².